The van der Waals surface area contributed by atoms with Crippen LogP contribution in [0.15, 0.2) is 77.1 Å². The number of aromatic nitrogens is 1. The third kappa shape index (κ3) is 5.87. The van der Waals surface area contributed by atoms with Crippen LogP contribution in [0.2, 0.25) is 0 Å². The molecule has 0 aliphatic heterocycles. The highest BCUT2D eigenvalue weighted by Gasteiger charge is 2.10. The maximum absolute atomic E-state index is 12.3. The van der Waals surface area contributed by atoms with E-state index in [1.807, 2.05) is 66.7 Å². The molecule has 0 radical (unpaired) electrons. The Balaban J connectivity index is 1.34. The van der Waals surface area contributed by atoms with Crippen LogP contribution < -0.4 is 15.4 Å². The number of benzene rings is 3. The number of carbonyl (C=O) groups is 2. The molecule has 0 saturated carbocycles. The second-order valence-corrected chi connectivity index (χ2v) is 9.19. The summed E-state index contributed by atoms with van der Waals surface area (Å²) in [7, 11) is 1.59. The number of rotatable bonds is 8. The lowest BCUT2D eigenvalue weighted by molar-refractivity contribution is -0.115. The van der Waals surface area contributed by atoms with Crippen LogP contribution in [0.25, 0.3) is 10.2 Å². The fourth-order valence-electron chi connectivity index (χ4n) is 3.05. The quantitative estimate of drug-likeness (QED) is 0.350. The van der Waals surface area contributed by atoms with Crippen LogP contribution in [-0.2, 0) is 16.0 Å². The molecule has 32 heavy (non-hydrogen) atoms. The van der Waals surface area contributed by atoms with E-state index < -0.39 is 0 Å². The van der Waals surface area contributed by atoms with E-state index in [1.54, 1.807) is 13.2 Å². The number of nitrogens with zero attached hydrogens (tertiary/aromatic N) is 1. The molecule has 1 heterocycles. The predicted molar refractivity (Wildman–Crippen MR) is 131 cm³/mol. The van der Waals surface area contributed by atoms with Gasteiger partial charge in [0, 0.05) is 17.4 Å². The molecule has 6 nitrogen and oxygen atoms in total. The second kappa shape index (κ2) is 10.3. The molecule has 0 fully saturated rings. The van der Waals surface area contributed by atoms with E-state index in [1.165, 1.54) is 23.1 Å². The number of ether oxygens (including phenoxy) is 1. The Labute approximate surface area is 194 Å². The standard InChI is InChI=1S/C24H21N3O3S2/c1-30-19-9-5-8-17(13-19)26-23(29)15-31-24-27-20-11-10-18(14-21(20)32-24)25-22(28)12-16-6-3-2-4-7-16/h2-11,13-14H,12,15H2,1H3,(H,25,28)(H,26,29). The Kier molecular flexibility index (Phi) is 7.03. The minimum absolute atomic E-state index is 0.0659. The molecule has 8 heteroatoms. The van der Waals surface area contributed by atoms with Crippen LogP contribution in [0, 0.1) is 0 Å². The maximum Gasteiger partial charge on any atom is 0.234 e. The van der Waals surface area contributed by atoms with Gasteiger partial charge < -0.3 is 15.4 Å². The number of thiazole rings is 1. The van der Waals surface area contributed by atoms with Gasteiger partial charge in [0.25, 0.3) is 0 Å². The SMILES string of the molecule is COc1cccc(NC(=O)CSc2nc3ccc(NC(=O)Cc4ccccc4)cc3s2)c1. The van der Waals surface area contributed by atoms with E-state index >= 15 is 0 Å². The highest BCUT2D eigenvalue weighted by molar-refractivity contribution is 8.01. The van der Waals surface area contributed by atoms with Crippen LogP contribution in [0.4, 0.5) is 11.4 Å². The fraction of sp³-hybridized carbons (Fsp3) is 0.125. The number of hydrogen-bond donors (Lipinski definition) is 2. The number of carbonyl (C=O) groups excluding carboxylic acids is 2. The van der Waals surface area contributed by atoms with E-state index in [9.17, 15) is 9.59 Å². The molecule has 4 rings (SSSR count). The van der Waals surface area contributed by atoms with Gasteiger partial charge in [-0.2, -0.15) is 0 Å². The molecular weight excluding hydrogens is 442 g/mol. The third-order valence-corrected chi connectivity index (χ3v) is 6.70. The molecule has 3 aromatic carbocycles. The molecular formula is C24H21N3O3S2. The van der Waals surface area contributed by atoms with Crippen molar-refractivity contribution < 1.29 is 14.3 Å². The largest absolute Gasteiger partial charge is 0.497 e. The number of thioether (sulfide) groups is 1. The smallest absolute Gasteiger partial charge is 0.234 e. The Hall–Kier alpha value is -3.36. The molecule has 0 atom stereocenters. The summed E-state index contributed by atoms with van der Waals surface area (Å²) in [5.74, 6) is 0.756. The molecule has 0 aliphatic rings. The lowest BCUT2D eigenvalue weighted by Crippen LogP contribution is -2.14. The van der Waals surface area contributed by atoms with Crippen molar-refractivity contribution in [1.29, 1.82) is 0 Å². The van der Waals surface area contributed by atoms with Crippen molar-refractivity contribution in [3.63, 3.8) is 0 Å². The number of anilines is 2. The van der Waals surface area contributed by atoms with Gasteiger partial charge in [0.1, 0.15) is 5.75 Å². The Bertz CT molecular complexity index is 1240. The van der Waals surface area contributed by atoms with Gasteiger partial charge in [-0.15, -0.1) is 11.3 Å². The first-order chi connectivity index (χ1) is 15.6. The molecule has 2 N–H and O–H groups in total. The summed E-state index contributed by atoms with van der Waals surface area (Å²) in [6, 6.07) is 22.5. The molecule has 0 spiro atoms. The molecule has 0 aliphatic carbocycles. The van der Waals surface area contributed by atoms with Gasteiger partial charge in [-0.05, 0) is 35.9 Å². The molecule has 0 bridgehead atoms. The molecule has 2 amide bonds. The van der Waals surface area contributed by atoms with Crippen molar-refractivity contribution >= 4 is 56.5 Å². The molecule has 0 unspecified atom stereocenters. The number of hydrogen-bond acceptors (Lipinski definition) is 6. The Morgan fingerprint density at radius 2 is 1.72 bits per heavy atom. The lowest BCUT2D eigenvalue weighted by atomic mass is 10.1. The number of fused-ring (bicyclic) bond motifs is 1. The highest BCUT2D eigenvalue weighted by atomic mass is 32.2. The highest BCUT2D eigenvalue weighted by Crippen LogP contribution is 2.31. The Morgan fingerprint density at radius 3 is 2.53 bits per heavy atom. The van der Waals surface area contributed by atoms with Crippen LogP contribution in [0.3, 0.4) is 0 Å². The first-order valence-corrected chi connectivity index (χ1v) is 11.7. The zero-order chi connectivity index (χ0) is 22.3. The van der Waals surface area contributed by atoms with E-state index in [4.69, 9.17) is 4.74 Å². The van der Waals surface area contributed by atoms with E-state index in [0.29, 0.717) is 17.9 Å². The van der Waals surface area contributed by atoms with Crippen molar-refractivity contribution in [2.24, 2.45) is 0 Å². The van der Waals surface area contributed by atoms with Crippen LogP contribution in [0.1, 0.15) is 5.56 Å². The summed E-state index contributed by atoms with van der Waals surface area (Å²) < 4.78 is 6.93. The normalized spacial score (nSPS) is 10.7. The van der Waals surface area contributed by atoms with Gasteiger partial charge >= 0.3 is 0 Å². The first kappa shape index (κ1) is 21.9. The van der Waals surface area contributed by atoms with Crippen molar-refractivity contribution in [3.8, 4) is 5.75 Å². The van der Waals surface area contributed by atoms with Crippen molar-refractivity contribution in [1.82, 2.24) is 4.98 Å². The number of nitrogens with one attached hydrogen (secondary N) is 2. The van der Waals surface area contributed by atoms with Gasteiger partial charge in [-0.3, -0.25) is 9.59 Å². The summed E-state index contributed by atoms with van der Waals surface area (Å²) in [5, 5.41) is 5.80. The third-order valence-electron chi connectivity index (χ3n) is 4.54. The van der Waals surface area contributed by atoms with Crippen molar-refractivity contribution in [2.75, 3.05) is 23.5 Å². The zero-order valence-corrected chi connectivity index (χ0v) is 19.0. The van der Waals surface area contributed by atoms with Gasteiger partial charge in [-0.25, -0.2) is 4.98 Å². The topological polar surface area (TPSA) is 80.3 Å². The van der Waals surface area contributed by atoms with E-state index in [0.717, 1.165) is 25.8 Å². The summed E-state index contributed by atoms with van der Waals surface area (Å²) in [6.45, 7) is 0. The van der Waals surface area contributed by atoms with E-state index in [-0.39, 0.29) is 17.6 Å². The lowest BCUT2D eigenvalue weighted by Gasteiger charge is -2.06. The molecule has 162 valence electrons. The molecule has 4 aromatic rings. The van der Waals surface area contributed by atoms with E-state index in [2.05, 4.69) is 15.6 Å². The zero-order valence-electron chi connectivity index (χ0n) is 17.3. The van der Waals surface area contributed by atoms with Crippen LogP contribution in [-0.4, -0.2) is 29.7 Å². The minimum atomic E-state index is -0.114. The average Bonchev–Trinajstić information content (AvgIpc) is 3.21. The minimum Gasteiger partial charge on any atom is -0.497 e. The average molecular weight is 464 g/mol. The van der Waals surface area contributed by atoms with Gasteiger partial charge in [0.2, 0.25) is 11.8 Å². The molecule has 0 saturated heterocycles. The summed E-state index contributed by atoms with van der Waals surface area (Å²) in [6.07, 6.45) is 0.324. The van der Waals surface area contributed by atoms with Gasteiger partial charge in [0.05, 0.1) is 29.5 Å². The fourth-order valence-corrected chi connectivity index (χ4v) is 4.96. The second-order valence-electron chi connectivity index (χ2n) is 6.94. The van der Waals surface area contributed by atoms with Gasteiger partial charge in [-0.1, -0.05) is 48.2 Å². The predicted octanol–water partition coefficient (Wildman–Crippen LogP) is 5.22. The summed E-state index contributed by atoms with van der Waals surface area (Å²) in [5.41, 5.74) is 3.23. The summed E-state index contributed by atoms with van der Waals surface area (Å²) in [4.78, 5) is 29.2. The summed E-state index contributed by atoms with van der Waals surface area (Å²) >= 11 is 2.88. The Morgan fingerprint density at radius 1 is 0.938 bits per heavy atom. The first-order valence-electron chi connectivity index (χ1n) is 9.90. The van der Waals surface area contributed by atoms with Crippen molar-refractivity contribution in [3.05, 3.63) is 78.4 Å². The number of amides is 2. The monoisotopic (exact) mass is 463 g/mol. The maximum atomic E-state index is 12.3. The van der Waals surface area contributed by atoms with Crippen LogP contribution >= 0.6 is 23.1 Å². The molecule has 1 aromatic heterocycles. The van der Waals surface area contributed by atoms with Crippen molar-refractivity contribution in [2.45, 2.75) is 10.8 Å². The van der Waals surface area contributed by atoms with Gasteiger partial charge in [0.15, 0.2) is 4.34 Å². The number of methoxy groups -OCH3 is 1. The van der Waals surface area contributed by atoms with Crippen LogP contribution in [0.5, 0.6) is 5.75 Å².